The van der Waals surface area contributed by atoms with E-state index in [9.17, 15) is 4.79 Å². The van der Waals surface area contributed by atoms with Gasteiger partial charge in [0.15, 0.2) is 0 Å². The van der Waals surface area contributed by atoms with Gasteiger partial charge in [-0.1, -0.05) is 68.8 Å². The number of carbonyl (C=O) groups excluding carboxylic acids is 1. The van der Waals surface area contributed by atoms with Crippen LogP contribution in [0.4, 0.5) is 0 Å². The van der Waals surface area contributed by atoms with Gasteiger partial charge in [0.25, 0.3) is 0 Å². The van der Waals surface area contributed by atoms with E-state index in [1.54, 1.807) is 0 Å². The molecule has 2 atom stereocenters. The van der Waals surface area contributed by atoms with Gasteiger partial charge in [-0.25, -0.2) is 0 Å². The summed E-state index contributed by atoms with van der Waals surface area (Å²) in [6, 6.07) is 19.6. The van der Waals surface area contributed by atoms with Gasteiger partial charge in [0.1, 0.15) is 5.75 Å². The maximum atomic E-state index is 12.9. The van der Waals surface area contributed by atoms with E-state index < -0.39 is 5.04 Å². The van der Waals surface area contributed by atoms with Crippen molar-refractivity contribution in [3.63, 3.8) is 0 Å². The number of hydrogen-bond acceptors (Lipinski definition) is 2. The fourth-order valence-corrected chi connectivity index (χ4v) is 3.77. The van der Waals surface area contributed by atoms with Crippen molar-refractivity contribution in [2.75, 3.05) is 0 Å². The second kappa shape index (κ2) is 7.41. The van der Waals surface area contributed by atoms with Crippen molar-refractivity contribution in [3.8, 4) is 5.75 Å². The van der Waals surface area contributed by atoms with Crippen LogP contribution < -0.4 is 4.74 Å². The molecule has 0 N–H and O–H groups in total. The minimum absolute atomic E-state index is 0.0939. The van der Waals surface area contributed by atoms with Crippen LogP contribution in [0.15, 0.2) is 60.7 Å². The number of carbonyl (C=O) groups is 1. The van der Waals surface area contributed by atoms with E-state index >= 15 is 0 Å². The minimum atomic E-state index is -0.397. The molecule has 0 aliphatic heterocycles. The lowest BCUT2D eigenvalue weighted by Crippen LogP contribution is -2.33. The largest absolute Gasteiger partial charge is 0.426 e. The summed E-state index contributed by atoms with van der Waals surface area (Å²) >= 11 is 0. The van der Waals surface area contributed by atoms with Crippen molar-refractivity contribution >= 4 is 16.2 Å². The summed E-state index contributed by atoms with van der Waals surface area (Å²) in [5.41, 5.74) is 1.20. The SMILES string of the molecule is CCCC([SiH3])(C(=O)Oc1ccccc1)C(C)c1ccccc1. The maximum absolute atomic E-state index is 12.9. The molecule has 0 saturated carbocycles. The summed E-state index contributed by atoms with van der Waals surface area (Å²) < 4.78 is 5.67. The van der Waals surface area contributed by atoms with Crippen LogP contribution in [-0.2, 0) is 4.79 Å². The predicted molar refractivity (Wildman–Crippen MR) is 94.5 cm³/mol. The molecule has 116 valence electrons. The van der Waals surface area contributed by atoms with Gasteiger partial charge in [0.05, 0.1) is 5.04 Å². The van der Waals surface area contributed by atoms with E-state index in [2.05, 4.69) is 26.0 Å². The van der Waals surface area contributed by atoms with Gasteiger partial charge in [0, 0.05) is 10.2 Å². The van der Waals surface area contributed by atoms with Crippen molar-refractivity contribution in [3.05, 3.63) is 66.2 Å². The Balaban J connectivity index is 2.25. The van der Waals surface area contributed by atoms with Gasteiger partial charge >= 0.3 is 5.97 Å². The molecule has 0 radical (unpaired) electrons. The molecular weight excluding hydrogens is 288 g/mol. The highest BCUT2D eigenvalue weighted by atomic mass is 28.1. The molecule has 2 rings (SSSR count). The predicted octanol–water partition coefficient (Wildman–Crippen LogP) is 3.72. The lowest BCUT2D eigenvalue weighted by atomic mass is 9.83. The molecule has 0 aliphatic carbocycles. The van der Waals surface area contributed by atoms with Crippen LogP contribution in [0, 0.1) is 0 Å². The highest BCUT2D eigenvalue weighted by molar-refractivity contribution is 6.28. The molecule has 0 heterocycles. The highest BCUT2D eigenvalue weighted by Gasteiger charge is 2.40. The van der Waals surface area contributed by atoms with Crippen molar-refractivity contribution in [2.24, 2.45) is 0 Å². The number of rotatable bonds is 6. The Morgan fingerprint density at radius 3 is 2.18 bits per heavy atom. The highest BCUT2D eigenvalue weighted by Crippen LogP contribution is 2.44. The summed E-state index contributed by atoms with van der Waals surface area (Å²) in [6.45, 7) is 4.27. The Morgan fingerprint density at radius 2 is 1.64 bits per heavy atom. The molecule has 0 bridgehead atoms. The molecule has 0 amide bonds. The Labute approximate surface area is 135 Å². The van der Waals surface area contributed by atoms with Crippen LogP contribution in [0.2, 0.25) is 5.04 Å². The van der Waals surface area contributed by atoms with Crippen LogP contribution in [0.3, 0.4) is 0 Å². The summed E-state index contributed by atoms with van der Waals surface area (Å²) in [4.78, 5) is 12.9. The fourth-order valence-electron chi connectivity index (χ4n) is 2.84. The Morgan fingerprint density at radius 1 is 1.09 bits per heavy atom. The van der Waals surface area contributed by atoms with E-state index in [0.29, 0.717) is 5.75 Å². The number of benzene rings is 2. The summed E-state index contributed by atoms with van der Waals surface area (Å²) in [5, 5.41) is -0.397. The van der Waals surface area contributed by atoms with Crippen molar-refractivity contribution in [1.29, 1.82) is 0 Å². The third-order valence-corrected chi connectivity index (χ3v) is 6.22. The number of para-hydroxylation sites is 1. The smallest absolute Gasteiger partial charge is 0.314 e. The molecule has 0 aliphatic rings. The monoisotopic (exact) mass is 312 g/mol. The molecule has 3 heteroatoms. The summed E-state index contributed by atoms with van der Waals surface area (Å²) in [7, 11) is 0.767. The quantitative estimate of drug-likeness (QED) is 0.462. The Bertz CT molecular complexity index is 597. The molecule has 0 saturated heterocycles. The van der Waals surface area contributed by atoms with Gasteiger partial charge < -0.3 is 4.74 Å². The van der Waals surface area contributed by atoms with Gasteiger partial charge in [-0.2, -0.15) is 0 Å². The first kappa shape index (κ1) is 16.5. The van der Waals surface area contributed by atoms with Crippen LogP contribution in [0.25, 0.3) is 0 Å². The third kappa shape index (κ3) is 3.66. The lowest BCUT2D eigenvalue weighted by Gasteiger charge is -2.33. The van der Waals surface area contributed by atoms with E-state index in [4.69, 9.17) is 4.74 Å². The number of ether oxygens (including phenoxy) is 1. The normalized spacial score (nSPS) is 15.0. The fraction of sp³-hybridized carbons (Fsp3) is 0.316. The van der Waals surface area contributed by atoms with Crippen LogP contribution >= 0.6 is 0 Å². The van der Waals surface area contributed by atoms with Gasteiger partial charge in [-0.3, -0.25) is 4.79 Å². The molecule has 0 spiro atoms. The zero-order valence-electron chi connectivity index (χ0n) is 13.6. The first-order valence-electron chi connectivity index (χ1n) is 7.90. The van der Waals surface area contributed by atoms with Crippen LogP contribution in [0.5, 0.6) is 5.75 Å². The number of hydrogen-bond donors (Lipinski definition) is 0. The van der Waals surface area contributed by atoms with Crippen LogP contribution in [0.1, 0.15) is 38.2 Å². The zero-order chi connectivity index (χ0) is 16.0. The Hall–Kier alpha value is -1.87. The van der Waals surface area contributed by atoms with E-state index in [0.717, 1.165) is 23.1 Å². The van der Waals surface area contributed by atoms with E-state index in [-0.39, 0.29) is 11.9 Å². The van der Waals surface area contributed by atoms with Crippen molar-refractivity contribution in [2.45, 2.75) is 37.6 Å². The van der Waals surface area contributed by atoms with Gasteiger partial charge in [0.2, 0.25) is 0 Å². The minimum Gasteiger partial charge on any atom is -0.426 e. The van der Waals surface area contributed by atoms with Gasteiger partial charge in [-0.15, -0.1) is 0 Å². The average Bonchev–Trinajstić information content (AvgIpc) is 2.56. The standard InChI is InChI=1S/C19H24O2Si/c1-3-14-19(22,15(2)16-10-6-4-7-11-16)18(20)21-17-12-8-5-9-13-17/h4-13,15H,3,14H2,1-2,22H3. The number of esters is 1. The molecule has 0 fully saturated rings. The second-order valence-corrected chi connectivity index (χ2v) is 7.79. The Kier molecular flexibility index (Phi) is 5.55. The molecule has 2 nitrogen and oxygen atoms in total. The van der Waals surface area contributed by atoms with E-state index in [1.807, 2.05) is 48.5 Å². The molecule has 22 heavy (non-hydrogen) atoms. The van der Waals surface area contributed by atoms with E-state index in [1.165, 1.54) is 5.56 Å². The summed E-state index contributed by atoms with van der Waals surface area (Å²) in [5.74, 6) is 0.698. The second-order valence-electron chi connectivity index (χ2n) is 6.00. The summed E-state index contributed by atoms with van der Waals surface area (Å²) in [6.07, 6.45) is 1.84. The first-order chi connectivity index (χ1) is 10.6. The first-order valence-corrected chi connectivity index (χ1v) is 8.90. The zero-order valence-corrected chi connectivity index (χ0v) is 15.6. The van der Waals surface area contributed by atoms with Crippen molar-refractivity contribution < 1.29 is 9.53 Å². The third-order valence-electron chi connectivity index (χ3n) is 4.44. The maximum Gasteiger partial charge on any atom is 0.314 e. The molecule has 2 aromatic rings. The molecular formula is C19H24O2Si. The average molecular weight is 312 g/mol. The molecule has 0 aromatic heterocycles. The topological polar surface area (TPSA) is 26.3 Å². The van der Waals surface area contributed by atoms with Crippen molar-refractivity contribution in [1.82, 2.24) is 0 Å². The molecule has 2 unspecified atom stereocenters. The van der Waals surface area contributed by atoms with Gasteiger partial charge in [-0.05, 0) is 30.0 Å². The molecule has 2 aromatic carbocycles. The van der Waals surface area contributed by atoms with Crippen LogP contribution in [-0.4, -0.2) is 16.2 Å². The lowest BCUT2D eigenvalue weighted by molar-refractivity contribution is -0.138.